The molecule has 0 amide bonds. The first-order valence-electron chi connectivity index (χ1n) is 7.14. The molecule has 1 rings (SSSR count). The van der Waals surface area contributed by atoms with Crippen LogP contribution in [0, 0.1) is 11.8 Å². The first-order chi connectivity index (χ1) is 8.44. The van der Waals surface area contributed by atoms with E-state index in [1.54, 1.807) is 0 Å². The van der Waals surface area contributed by atoms with Crippen LogP contribution in [0.1, 0.15) is 52.4 Å². The van der Waals surface area contributed by atoms with Crippen LogP contribution in [0.4, 0.5) is 0 Å². The average molecular weight is 313 g/mol. The van der Waals surface area contributed by atoms with Crippen LogP contribution in [0.5, 0.6) is 0 Å². The zero-order chi connectivity index (χ0) is 13.6. The van der Waals surface area contributed by atoms with E-state index in [2.05, 4.69) is 4.72 Å². The van der Waals surface area contributed by atoms with E-state index in [1.807, 2.05) is 13.8 Å². The normalized spacial score (nSPS) is 19.2. The minimum Gasteiger partial charge on any atom is -0.329 e. The molecule has 0 aromatic carbocycles. The summed E-state index contributed by atoms with van der Waals surface area (Å²) in [6.45, 7) is 4.49. The van der Waals surface area contributed by atoms with Crippen molar-refractivity contribution in [2.24, 2.45) is 17.6 Å². The lowest BCUT2D eigenvalue weighted by Gasteiger charge is -2.29. The topological polar surface area (TPSA) is 72.2 Å². The summed E-state index contributed by atoms with van der Waals surface area (Å²) in [5.41, 5.74) is 5.74. The van der Waals surface area contributed by atoms with Crippen molar-refractivity contribution in [3.63, 3.8) is 0 Å². The fourth-order valence-corrected chi connectivity index (χ4v) is 4.20. The molecular weight excluding hydrogens is 284 g/mol. The Labute approximate surface area is 124 Å². The van der Waals surface area contributed by atoms with Crippen molar-refractivity contribution in [1.29, 1.82) is 0 Å². The molecule has 19 heavy (non-hydrogen) atoms. The lowest BCUT2D eigenvalue weighted by molar-refractivity contribution is 0.294. The Morgan fingerprint density at radius 1 is 1.21 bits per heavy atom. The van der Waals surface area contributed by atoms with E-state index in [0.29, 0.717) is 24.8 Å². The fourth-order valence-electron chi connectivity index (χ4n) is 2.55. The number of nitrogens with one attached hydrogen (secondary N) is 1. The molecule has 0 saturated heterocycles. The van der Waals surface area contributed by atoms with Gasteiger partial charge in [0.1, 0.15) is 0 Å². The van der Waals surface area contributed by atoms with E-state index in [0.717, 1.165) is 12.8 Å². The average Bonchev–Trinajstić information content (AvgIpc) is 2.35. The molecule has 0 spiro atoms. The zero-order valence-corrected chi connectivity index (χ0v) is 13.7. The van der Waals surface area contributed by atoms with Crippen LogP contribution in [0.2, 0.25) is 0 Å². The molecule has 4 nitrogen and oxygen atoms in total. The van der Waals surface area contributed by atoms with Gasteiger partial charge in [0, 0.05) is 12.6 Å². The first-order valence-corrected chi connectivity index (χ1v) is 8.80. The van der Waals surface area contributed by atoms with Gasteiger partial charge in [0.15, 0.2) is 0 Å². The fraction of sp³-hybridized carbons (Fsp3) is 1.00. The highest BCUT2D eigenvalue weighted by Gasteiger charge is 2.26. The summed E-state index contributed by atoms with van der Waals surface area (Å²) >= 11 is 0. The Hall–Kier alpha value is 0.160. The molecule has 6 heteroatoms. The lowest BCUT2D eigenvalue weighted by Crippen LogP contribution is -2.46. The molecule has 0 aliphatic heterocycles. The SMILES string of the molecule is CC(C)CCS(=O)(=O)NC(CN)C1CCCCC1.Cl. The zero-order valence-electron chi connectivity index (χ0n) is 12.1. The van der Waals surface area contributed by atoms with Gasteiger partial charge in [-0.15, -0.1) is 12.4 Å². The second kappa shape index (κ2) is 9.16. The van der Waals surface area contributed by atoms with Gasteiger partial charge in [-0.2, -0.15) is 0 Å². The molecule has 1 atom stereocenters. The Bertz CT molecular complexity index is 328. The van der Waals surface area contributed by atoms with Gasteiger partial charge in [-0.25, -0.2) is 13.1 Å². The summed E-state index contributed by atoms with van der Waals surface area (Å²) < 4.78 is 26.8. The van der Waals surface area contributed by atoms with Crippen LogP contribution in [-0.2, 0) is 10.0 Å². The van der Waals surface area contributed by atoms with Gasteiger partial charge < -0.3 is 5.73 Å². The summed E-state index contributed by atoms with van der Waals surface area (Å²) in [5.74, 6) is 1.05. The molecule has 116 valence electrons. The monoisotopic (exact) mass is 312 g/mol. The van der Waals surface area contributed by atoms with Crippen molar-refractivity contribution in [3.05, 3.63) is 0 Å². The van der Waals surface area contributed by atoms with Crippen LogP contribution in [-0.4, -0.2) is 26.8 Å². The highest BCUT2D eigenvalue weighted by atomic mass is 35.5. The van der Waals surface area contributed by atoms with Gasteiger partial charge in [0.2, 0.25) is 10.0 Å². The largest absolute Gasteiger partial charge is 0.329 e. The van der Waals surface area contributed by atoms with Crippen molar-refractivity contribution in [3.8, 4) is 0 Å². The van der Waals surface area contributed by atoms with E-state index in [-0.39, 0.29) is 24.2 Å². The number of hydrogen-bond acceptors (Lipinski definition) is 3. The van der Waals surface area contributed by atoms with Crippen molar-refractivity contribution in [2.45, 2.75) is 58.4 Å². The lowest BCUT2D eigenvalue weighted by atomic mass is 9.84. The Kier molecular flexibility index (Phi) is 9.24. The maximum atomic E-state index is 12.0. The van der Waals surface area contributed by atoms with Gasteiger partial charge in [-0.3, -0.25) is 0 Å². The van der Waals surface area contributed by atoms with E-state index in [4.69, 9.17) is 5.73 Å². The smallest absolute Gasteiger partial charge is 0.211 e. The number of nitrogens with two attached hydrogens (primary N) is 1. The summed E-state index contributed by atoms with van der Waals surface area (Å²) in [6, 6.07) is -0.0672. The summed E-state index contributed by atoms with van der Waals surface area (Å²) in [4.78, 5) is 0. The third-order valence-corrected chi connectivity index (χ3v) is 5.20. The Balaban J connectivity index is 0.00000324. The van der Waals surface area contributed by atoms with Gasteiger partial charge in [-0.05, 0) is 31.1 Å². The van der Waals surface area contributed by atoms with Crippen LogP contribution < -0.4 is 10.5 Å². The summed E-state index contributed by atoms with van der Waals surface area (Å²) in [5, 5.41) is 0. The molecule has 0 aromatic rings. The molecule has 0 aromatic heterocycles. The molecule has 1 aliphatic carbocycles. The van der Waals surface area contributed by atoms with Gasteiger partial charge in [0.25, 0.3) is 0 Å². The van der Waals surface area contributed by atoms with E-state index in [1.165, 1.54) is 19.3 Å². The van der Waals surface area contributed by atoms with Crippen molar-refractivity contribution >= 4 is 22.4 Å². The third kappa shape index (κ3) is 7.49. The molecule has 1 saturated carbocycles. The Morgan fingerprint density at radius 3 is 2.26 bits per heavy atom. The minimum atomic E-state index is -3.17. The van der Waals surface area contributed by atoms with Crippen LogP contribution in [0.15, 0.2) is 0 Å². The standard InChI is InChI=1S/C13H28N2O2S.ClH/c1-11(2)8-9-18(16,17)15-13(10-14)12-6-4-3-5-7-12;/h11-13,15H,3-10,14H2,1-2H3;1H. The number of sulfonamides is 1. The van der Waals surface area contributed by atoms with E-state index < -0.39 is 10.0 Å². The predicted octanol–water partition coefficient (Wildman–Crippen LogP) is 2.28. The van der Waals surface area contributed by atoms with Crippen LogP contribution in [0.3, 0.4) is 0 Å². The first kappa shape index (κ1) is 19.2. The van der Waals surface area contributed by atoms with Crippen molar-refractivity contribution < 1.29 is 8.42 Å². The molecule has 1 fully saturated rings. The van der Waals surface area contributed by atoms with Gasteiger partial charge in [0.05, 0.1) is 5.75 Å². The molecule has 1 unspecified atom stereocenters. The van der Waals surface area contributed by atoms with Gasteiger partial charge in [-0.1, -0.05) is 33.1 Å². The molecule has 3 N–H and O–H groups in total. The maximum Gasteiger partial charge on any atom is 0.211 e. The number of halogens is 1. The number of hydrogen-bond donors (Lipinski definition) is 2. The minimum absolute atomic E-state index is 0. The predicted molar refractivity (Wildman–Crippen MR) is 83.0 cm³/mol. The van der Waals surface area contributed by atoms with Crippen molar-refractivity contribution in [2.75, 3.05) is 12.3 Å². The third-order valence-electron chi connectivity index (χ3n) is 3.77. The second-order valence-electron chi connectivity index (χ2n) is 5.86. The van der Waals surface area contributed by atoms with E-state index >= 15 is 0 Å². The van der Waals surface area contributed by atoms with Crippen LogP contribution >= 0.6 is 12.4 Å². The Morgan fingerprint density at radius 2 is 1.79 bits per heavy atom. The summed E-state index contributed by atoms with van der Waals surface area (Å²) in [6.07, 6.45) is 6.60. The van der Waals surface area contributed by atoms with Gasteiger partial charge >= 0.3 is 0 Å². The highest BCUT2D eigenvalue weighted by molar-refractivity contribution is 7.89. The second-order valence-corrected chi connectivity index (χ2v) is 7.73. The molecule has 0 bridgehead atoms. The quantitative estimate of drug-likeness (QED) is 0.757. The number of rotatable bonds is 7. The molecular formula is C13H29ClN2O2S. The summed E-state index contributed by atoms with van der Waals surface area (Å²) in [7, 11) is -3.17. The molecule has 0 radical (unpaired) electrons. The van der Waals surface area contributed by atoms with E-state index in [9.17, 15) is 8.42 Å². The molecule has 1 aliphatic rings. The molecule has 0 heterocycles. The maximum absolute atomic E-state index is 12.0. The highest BCUT2D eigenvalue weighted by Crippen LogP contribution is 2.26. The van der Waals surface area contributed by atoms with Crippen LogP contribution in [0.25, 0.3) is 0 Å². The van der Waals surface area contributed by atoms with Crippen molar-refractivity contribution in [1.82, 2.24) is 4.72 Å².